The van der Waals surface area contributed by atoms with Crippen molar-refractivity contribution >= 4 is 32.3 Å². The van der Waals surface area contributed by atoms with Crippen LogP contribution in [0.4, 0.5) is 9.93 Å². The summed E-state index contributed by atoms with van der Waals surface area (Å²) in [6.45, 7) is 2.11. The molecule has 20 heavy (non-hydrogen) atoms. The van der Waals surface area contributed by atoms with Crippen LogP contribution in [0.2, 0.25) is 0 Å². The van der Waals surface area contributed by atoms with Crippen LogP contribution in [0, 0.1) is 0 Å². The molecule has 0 N–H and O–H groups in total. The number of hydrogen-bond donors (Lipinski definition) is 0. The fourth-order valence-electron chi connectivity index (χ4n) is 1.81. The fraction of sp³-hybridized carbons (Fsp3) is 0.700. The van der Waals surface area contributed by atoms with Crippen LogP contribution in [0.25, 0.3) is 0 Å². The first-order valence-electron chi connectivity index (χ1n) is 6.04. The van der Waals surface area contributed by atoms with Crippen LogP contribution < -0.4 is 4.90 Å². The fourth-order valence-corrected chi connectivity index (χ4v) is 3.92. The molecular weight excluding hydrogens is 304 g/mol. The second kappa shape index (κ2) is 5.62. The van der Waals surface area contributed by atoms with Gasteiger partial charge in [-0.1, -0.05) is 18.3 Å². The Hall–Kier alpha value is -1.26. The van der Waals surface area contributed by atoms with E-state index in [-0.39, 0.29) is 21.3 Å². The first-order chi connectivity index (χ1) is 9.40. The molecule has 1 fully saturated rings. The molecule has 0 aromatic carbocycles. The zero-order valence-electron chi connectivity index (χ0n) is 11.4. The highest BCUT2D eigenvalue weighted by Gasteiger charge is 2.35. The lowest BCUT2D eigenvalue weighted by atomic mass is 10.3. The topological polar surface area (TPSA) is 92.7 Å². The number of carbonyl (C=O) groups is 1. The van der Waals surface area contributed by atoms with E-state index in [4.69, 9.17) is 4.74 Å². The van der Waals surface area contributed by atoms with Gasteiger partial charge in [0.05, 0.1) is 5.75 Å². The minimum absolute atomic E-state index is 0.0524. The average Bonchev–Trinajstić information content (AvgIpc) is 2.91. The largest absolute Gasteiger partial charge is 0.361 e. The van der Waals surface area contributed by atoms with Crippen molar-refractivity contribution in [2.45, 2.75) is 23.9 Å². The number of methoxy groups -OCH3 is 1. The number of rotatable bonds is 4. The minimum Gasteiger partial charge on any atom is -0.361 e. The maximum absolute atomic E-state index is 12.2. The Morgan fingerprint density at radius 3 is 2.75 bits per heavy atom. The van der Waals surface area contributed by atoms with Crippen molar-refractivity contribution in [3.63, 3.8) is 0 Å². The molecule has 1 aromatic heterocycles. The normalized spacial score (nSPS) is 20.6. The lowest BCUT2D eigenvalue weighted by molar-refractivity contribution is 0.0700. The molecule has 2 amide bonds. The van der Waals surface area contributed by atoms with E-state index in [1.807, 2.05) is 0 Å². The van der Waals surface area contributed by atoms with Crippen molar-refractivity contribution in [1.82, 2.24) is 15.1 Å². The second-order valence-electron chi connectivity index (χ2n) is 4.31. The number of amides is 2. The number of nitrogens with zero attached hydrogens (tertiary/aromatic N) is 4. The molecule has 1 aliphatic rings. The average molecular weight is 320 g/mol. The molecule has 2 heterocycles. The summed E-state index contributed by atoms with van der Waals surface area (Å²) in [5.74, 6) is -0.0524. The summed E-state index contributed by atoms with van der Waals surface area (Å²) < 4.78 is 28.7. The molecule has 0 aliphatic carbocycles. The monoisotopic (exact) mass is 320 g/mol. The van der Waals surface area contributed by atoms with Gasteiger partial charge in [0.15, 0.2) is 0 Å². The number of carbonyl (C=O) groups excluding carboxylic acids is 1. The third-order valence-corrected chi connectivity index (χ3v) is 6.15. The molecule has 0 radical (unpaired) electrons. The van der Waals surface area contributed by atoms with Crippen molar-refractivity contribution in [2.24, 2.45) is 0 Å². The van der Waals surface area contributed by atoms with Crippen LogP contribution >= 0.6 is 11.3 Å². The van der Waals surface area contributed by atoms with E-state index in [2.05, 4.69) is 10.2 Å². The molecule has 0 saturated carbocycles. The summed E-state index contributed by atoms with van der Waals surface area (Å²) >= 11 is 0.884. The lowest BCUT2D eigenvalue weighted by Gasteiger charge is -2.37. The molecule has 2 rings (SSSR count). The number of aromatic nitrogens is 2. The van der Waals surface area contributed by atoms with Crippen LogP contribution in [0.5, 0.6) is 0 Å². The maximum Gasteiger partial charge on any atom is 0.328 e. The van der Waals surface area contributed by atoms with Gasteiger partial charge in [-0.25, -0.2) is 18.1 Å². The Morgan fingerprint density at radius 2 is 2.15 bits per heavy atom. The third kappa shape index (κ3) is 2.63. The Kier molecular flexibility index (Phi) is 4.25. The van der Waals surface area contributed by atoms with E-state index in [0.29, 0.717) is 13.0 Å². The molecule has 10 heteroatoms. The van der Waals surface area contributed by atoms with E-state index in [1.165, 1.54) is 23.8 Å². The van der Waals surface area contributed by atoms with E-state index in [0.717, 1.165) is 11.3 Å². The summed E-state index contributed by atoms with van der Waals surface area (Å²) in [5.41, 5.74) is 0. The summed E-state index contributed by atoms with van der Waals surface area (Å²) in [5, 5.41) is 7.74. The quantitative estimate of drug-likeness (QED) is 0.753. The highest BCUT2D eigenvalue weighted by molar-refractivity contribution is 7.93. The number of anilines is 1. The molecule has 1 aromatic rings. The van der Waals surface area contributed by atoms with E-state index in [1.54, 1.807) is 7.05 Å². The van der Waals surface area contributed by atoms with Crippen LogP contribution in [-0.4, -0.2) is 62.2 Å². The van der Waals surface area contributed by atoms with Gasteiger partial charge in [0.1, 0.15) is 6.23 Å². The van der Waals surface area contributed by atoms with Crippen molar-refractivity contribution in [3.05, 3.63) is 0 Å². The van der Waals surface area contributed by atoms with E-state index < -0.39 is 16.1 Å². The Labute approximate surface area is 121 Å². The van der Waals surface area contributed by atoms with Crippen LogP contribution in [0.3, 0.4) is 0 Å². The van der Waals surface area contributed by atoms with Gasteiger partial charge in [-0.05, 0) is 0 Å². The molecule has 1 unspecified atom stereocenters. The van der Waals surface area contributed by atoms with Gasteiger partial charge in [0.25, 0.3) is 0 Å². The second-order valence-corrected chi connectivity index (χ2v) is 7.72. The summed E-state index contributed by atoms with van der Waals surface area (Å²) in [7, 11) is -0.245. The first-order valence-corrected chi connectivity index (χ1v) is 8.51. The lowest BCUT2D eigenvalue weighted by Crippen LogP contribution is -2.54. The van der Waals surface area contributed by atoms with Gasteiger partial charge in [-0.15, -0.1) is 10.2 Å². The van der Waals surface area contributed by atoms with Gasteiger partial charge in [0.2, 0.25) is 19.3 Å². The zero-order chi connectivity index (χ0) is 14.9. The molecule has 112 valence electrons. The molecule has 0 spiro atoms. The maximum atomic E-state index is 12.2. The number of hydrogen-bond acceptors (Lipinski definition) is 7. The highest BCUT2D eigenvalue weighted by Crippen LogP contribution is 2.29. The Bertz CT molecular complexity index is 600. The van der Waals surface area contributed by atoms with Crippen LogP contribution in [-0.2, 0) is 14.6 Å². The summed E-state index contributed by atoms with van der Waals surface area (Å²) in [6, 6.07) is -0.278. The van der Waals surface area contributed by atoms with E-state index >= 15 is 0 Å². The molecule has 1 saturated heterocycles. The van der Waals surface area contributed by atoms with Crippen molar-refractivity contribution in [1.29, 1.82) is 0 Å². The number of urea groups is 1. The Morgan fingerprint density at radius 1 is 1.45 bits per heavy atom. The van der Waals surface area contributed by atoms with Gasteiger partial charge < -0.3 is 9.64 Å². The smallest absolute Gasteiger partial charge is 0.328 e. The third-order valence-electron chi connectivity index (χ3n) is 3.05. The van der Waals surface area contributed by atoms with Gasteiger partial charge >= 0.3 is 6.03 Å². The Balaban J connectivity index is 2.36. The number of sulfone groups is 1. The predicted octanol–water partition coefficient (Wildman–Crippen LogP) is 0.566. The predicted molar refractivity (Wildman–Crippen MR) is 73.6 cm³/mol. The van der Waals surface area contributed by atoms with Crippen molar-refractivity contribution in [3.8, 4) is 0 Å². The highest BCUT2D eigenvalue weighted by atomic mass is 32.2. The molecule has 8 nitrogen and oxygen atoms in total. The summed E-state index contributed by atoms with van der Waals surface area (Å²) in [4.78, 5) is 15.1. The van der Waals surface area contributed by atoms with Crippen LogP contribution in [0.15, 0.2) is 4.34 Å². The molecular formula is C10H16N4O4S2. The number of ether oxygens (including phenoxy) is 1. The zero-order valence-corrected chi connectivity index (χ0v) is 13.1. The van der Waals surface area contributed by atoms with Crippen molar-refractivity contribution in [2.75, 3.05) is 31.4 Å². The van der Waals surface area contributed by atoms with Crippen molar-refractivity contribution < 1.29 is 17.9 Å². The van der Waals surface area contributed by atoms with Gasteiger partial charge in [0, 0.05) is 27.1 Å². The molecule has 1 atom stereocenters. The molecule has 0 bridgehead atoms. The SMILES string of the molecule is CCS(=O)(=O)c1nnc(N2C(=O)N(C)CCC2OC)s1. The standard InChI is InChI=1S/C10H16N4O4S2/c1-4-20(16,17)9-12-11-8(19-9)14-7(18-3)5-6-13(2)10(14)15/h7H,4-6H2,1-3H3. The minimum atomic E-state index is -3.42. The molecule has 1 aliphatic heterocycles. The van der Waals surface area contributed by atoms with Crippen LogP contribution in [0.1, 0.15) is 13.3 Å². The van der Waals surface area contributed by atoms with Gasteiger partial charge in [-0.3, -0.25) is 0 Å². The van der Waals surface area contributed by atoms with E-state index in [9.17, 15) is 13.2 Å². The first kappa shape index (κ1) is 15.1. The summed E-state index contributed by atoms with van der Waals surface area (Å²) in [6.07, 6.45) is 0.164. The van der Waals surface area contributed by atoms with Gasteiger partial charge in [-0.2, -0.15) is 0 Å².